The first kappa shape index (κ1) is 20.7. The fourth-order valence-corrected chi connectivity index (χ4v) is 5.43. The lowest BCUT2D eigenvalue weighted by atomic mass is 9.78. The quantitative estimate of drug-likeness (QED) is 0.464. The highest BCUT2D eigenvalue weighted by Crippen LogP contribution is 2.46. The van der Waals surface area contributed by atoms with Gasteiger partial charge in [0.25, 0.3) is 0 Å². The number of fused-ring (bicyclic) bond motifs is 2. The highest BCUT2D eigenvalue weighted by molar-refractivity contribution is 5.33. The molecule has 2 bridgehead atoms. The SMILES string of the molecule is C[N+]1(C)[C@@H]2CC[C@H]1C[C@@H](CC(c1cccc(F)c1)c1cccc(F)c1)C2.[I-]. The van der Waals surface area contributed by atoms with Crippen molar-refractivity contribution in [3.8, 4) is 0 Å². The molecule has 2 aliphatic heterocycles. The van der Waals surface area contributed by atoms with Gasteiger partial charge in [0.1, 0.15) is 11.6 Å². The number of nitrogens with zero attached hydrogens (tertiary/aromatic N) is 1. The van der Waals surface area contributed by atoms with Crippen LogP contribution in [0.25, 0.3) is 0 Å². The van der Waals surface area contributed by atoms with E-state index in [1.807, 2.05) is 12.1 Å². The maximum Gasteiger partial charge on any atom is 0.123 e. The predicted molar refractivity (Wildman–Crippen MR) is 101 cm³/mol. The van der Waals surface area contributed by atoms with Gasteiger partial charge in [0.15, 0.2) is 0 Å². The minimum absolute atomic E-state index is 0. The fraction of sp³-hybridized carbons (Fsp3) is 0.478. The van der Waals surface area contributed by atoms with Crippen LogP contribution in [0.15, 0.2) is 48.5 Å². The number of quaternary nitrogens is 1. The number of piperidine rings is 1. The lowest BCUT2D eigenvalue weighted by molar-refractivity contribution is -0.931. The molecule has 0 amide bonds. The minimum atomic E-state index is -0.217. The lowest BCUT2D eigenvalue weighted by Gasteiger charge is -2.45. The third-order valence-corrected chi connectivity index (χ3v) is 7.00. The number of hydrogen-bond donors (Lipinski definition) is 0. The first-order valence-corrected chi connectivity index (χ1v) is 9.77. The molecule has 2 aliphatic rings. The van der Waals surface area contributed by atoms with E-state index in [0.29, 0.717) is 5.92 Å². The van der Waals surface area contributed by atoms with E-state index in [2.05, 4.69) is 14.1 Å². The van der Waals surface area contributed by atoms with Crippen LogP contribution >= 0.6 is 0 Å². The molecule has 146 valence electrons. The number of rotatable bonds is 4. The Hall–Kier alpha value is -1.01. The molecule has 0 N–H and O–H groups in total. The van der Waals surface area contributed by atoms with Crippen LogP contribution in [0.4, 0.5) is 8.78 Å². The van der Waals surface area contributed by atoms with Crippen LogP contribution in [0, 0.1) is 17.6 Å². The van der Waals surface area contributed by atoms with Crippen molar-refractivity contribution in [1.82, 2.24) is 0 Å². The van der Waals surface area contributed by atoms with E-state index in [1.165, 1.54) is 37.8 Å². The second-order valence-electron chi connectivity index (χ2n) is 8.75. The zero-order valence-corrected chi connectivity index (χ0v) is 18.2. The summed E-state index contributed by atoms with van der Waals surface area (Å²) in [5.41, 5.74) is 1.92. The summed E-state index contributed by atoms with van der Waals surface area (Å²) in [4.78, 5) is 0. The molecule has 1 nitrogen and oxygen atoms in total. The van der Waals surface area contributed by atoms with E-state index in [-0.39, 0.29) is 41.5 Å². The summed E-state index contributed by atoms with van der Waals surface area (Å²) >= 11 is 0. The largest absolute Gasteiger partial charge is 1.00 e. The molecular weight excluding hydrogens is 455 g/mol. The minimum Gasteiger partial charge on any atom is -1.00 e. The zero-order valence-electron chi connectivity index (χ0n) is 16.0. The zero-order chi connectivity index (χ0) is 18.3. The van der Waals surface area contributed by atoms with Gasteiger partial charge in [0.2, 0.25) is 0 Å². The molecule has 4 heteroatoms. The van der Waals surface area contributed by atoms with Gasteiger partial charge in [-0.1, -0.05) is 24.3 Å². The molecule has 4 rings (SSSR count). The maximum atomic E-state index is 13.9. The Balaban J connectivity index is 0.00000210. The van der Waals surface area contributed by atoms with Crippen LogP contribution in [0.3, 0.4) is 0 Å². The standard InChI is InChI=1S/C23H28F2N.HI/c1-26(2)21-9-10-22(26)12-16(11-21)13-23(17-5-3-7-19(24)14-17)18-6-4-8-20(25)15-18;/h3-8,14-16,21-23H,9-13H2,1-2H3;1H/q+1;/p-1/t16-,21+,22-;. The highest BCUT2D eigenvalue weighted by atomic mass is 127. The van der Waals surface area contributed by atoms with E-state index >= 15 is 0 Å². The Morgan fingerprint density at radius 2 is 1.37 bits per heavy atom. The second-order valence-corrected chi connectivity index (χ2v) is 8.75. The molecule has 2 aromatic rings. The average Bonchev–Trinajstić information content (AvgIpc) is 2.77. The van der Waals surface area contributed by atoms with Crippen molar-refractivity contribution < 1.29 is 37.2 Å². The van der Waals surface area contributed by atoms with Crippen LogP contribution in [0.5, 0.6) is 0 Å². The molecule has 0 unspecified atom stereocenters. The van der Waals surface area contributed by atoms with Crippen LogP contribution in [0.2, 0.25) is 0 Å². The lowest BCUT2D eigenvalue weighted by Crippen LogP contribution is -3.00. The van der Waals surface area contributed by atoms with Gasteiger partial charge in [-0.3, -0.25) is 0 Å². The van der Waals surface area contributed by atoms with Gasteiger partial charge in [0, 0.05) is 31.6 Å². The van der Waals surface area contributed by atoms with Crippen LogP contribution in [-0.4, -0.2) is 30.7 Å². The van der Waals surface area contributed by atoms with Crippen molar-refractivity contribution in [2.75, 3.05) is 14.1 Å². The third-order valence-electron chi connectivity index (χ3n) is 7.00. The van der Waals surface area contributed by atoms with E-state index in [0.717, 1.165) is 34.1 Å². The smallest absolute Gasteiger partial charge is 0.123 e. The van der Waals surface area contributed by atoms with Gasteiger partial charge in [-0.05, 0) is 47.7 Å². The van der Waals surface area contributed by atoms with E-state index in [9.17, 15) is 8.78 Å². The van der Waals surface area contributed by atoms with Gasteiger partial charge >= 0.3 is 0 Å². The highest BCUT2D eigenvalue weighted by Gasteiger charge is 2.49. The number of halogens is 3. The molecule has 0 radical (unpaired) electrons. The first-order chi connectivity index (χ1) is 12.4. The van der Waals surface area contributed by atoms with Crippen molar-refractivity contribution in [2.24, 2.45) is 5.92 Å². The van der Waals surface area contributed by atoms with E-state index in [1.54, 1.807) is 24.3 Å². The monoisotopic (exact) mass is 483 g/mol. The van der Waals surface area contributed by atoms with Crippen molar-refractivity contribution >= 4 is 0 Å². The Kier molecular flexibility index (Phi) is 6.26. The molecule has 27 heavy (non-hydrogen) atoms. The molecule has 2 saturated heterocycles. The van der Waals surface area contributed by atoms with Crippen molar-refractivity contribution in [3.05, 3.63) is 71.3 Å². The molecule has 3 atom stereocenters. The molecule has 2 fully saturated rings. The summed E-state index contributed by atoms with van der Waals surface area (Å²) in [6, 6.07) is 15.2. The molecule has 0 aliphatic carbocycles. The Bertz CT molecular complexity index is 730. The summed E-state index contributed by atoms with van der Waals surface area (Å²) in [6.07, 6.45) is 6.06. The molecule has 2 heterocycles. The summed E-state index contributed by atoms with van der Waals surface area (Å²) in [7, 11) is 4.74. The van der Waals surface area contributed by atoms with Crippen molar-refractivity contribution in [2.45, 2.75) is 50.1 Å². The van der Waals surface area contributed by atoms with Crippen molar-refractivity contribution in [3.63, 3.8) is 0 Å². The normalized spacial score (nSPS) is 26.0. The summed E-state index contributed by atoms with van der Waals surface area (Å²) in [5.74, 6) is 0.241. The number of hydrogen-bond acceptors (Lipinski definition) is 0. The summed E-state index contributed by atoms with van der Waals surface area (Å²) in [5, 5.41) is 0. The molecule has 0 saturated carbocycles. The second kappa shape index (κ2) is 8.16. The number of benzene rings is 2. The van der Waals surface area contributed by atoms with Crippen LogP contribution < -0.4 is 24.0 Å². The molecule has 0 aromatic heterocycles. The molecular formula is C23H28F2IN. The third kappa shape index (κ3) is 4.21. The van der Waals surface area contributed by atoms with Crippen LogP contribution in [0.1, 0.15) is 49.1 Å². The fourth-order valence-electron chi connectivity index (χ4n) is 5.43. The summed E-state index contributed by atoms with van der Waals surface area (Å²) in [6.45, 7) is 0. The average molecular weight is 483 g/mol. The van der Waals surface area contributed by atoms with Crippen molar-refractivity contribution in [1.29, 1.82) is 0 Å². The van der Waals surface area contributed by atoms with Gasteiger partial charge in [-0.25, -0.2) is 8.78 Å². The van der Waals surface area contributed by atoms with Crippen LogP contribution in [-0.2, 0) is 0 Å². The van der Waals surface area contributed by atoms with Gasteiger partial charge < -0.3 is 28.5 Å². The predicted octanol–water partition coefficient (Wildman–Crippen LogP) is 2.51. The Morgan fingerprint density at radius 3 is 1.81 bits per heavy atom. The van der Waals surface area contributed by atoms with Gasteiger partial charge in [-0.2, -0.15) is 0 Å². The maximum absolute atomic E-state index is 13.9. The first-order valence-electron chi connectivity index (χ1n) is 9.77. The molecule has 0 spiro atoms. The Morgan fingerprint density at radius 1 is 0.889 bits per heavy atom. The molecule has 2 aromatic carbocycles. The Labute approximate surface area is 178 Å². The van der Waals surface area contributed by atoms with Gasteiger partial charge in [-0.15, -0.1) is 0 Å². The van der Waals surface area contributed by atoms with E-state index in [4.69, 9.17) is 0 Å². The van der Waals surface area contributed by atoms with E-state index < -0.39 is 0 Å². The summed E-state index contributed by atoms with van der Waals surface area (Å²) < 4.78 is 28.9. The topological polar surface area (TPSA) is 0 Å². The van der Waals surface area contributed by atoms with Gasteiger partial charge in [0.05, 0.1) is 26.2 Å².